The number of carbonyl (C=O) groups excluding carboxylic acids is 1. The molecular weight excluding hydrogens is 178 g/mol. The molecule has 0 aromatic rings. The molecule has 0 bridgehead atoms. The summed E-state index contributed by atoms with van der Waals surface area (Å²) in [5.41, 5.74) is -0.398. The predicted molar refractivity (Wildman–Crippen MR) is 56.1 cm³/mol. The number of hydrogen-bond donors (Lipinski definition) is 1. The fourth-order valence-electron chi connectivity index (χ4n) is 2.05. The van der Waals surface area contributed by atoms with E-state index in [-0.39, 0.29) is 5.97 Å². The van der Waals surface area contributed by atoms with E-state index in [1.165, 1.54) is 7.11 Å². The van der Waals surface area contributed by atoms with Crippen molar-refractivity contribution in [2.24, 2.45) is 5.92 Å². The second-order valence-electron chi connectivity index (χ2n) is 4.02. The Morgan fingerprint density at radius 3 is 2.50 bits per heavy atom. The van der Waals surface area contributed by atoms with Crippen molar-refractivity contribution in [2.45, 2.75) is 45.1 Å². The van der Waals surface area contributed by atoms with Gasteiger partial charge < -0.3 is 10.1 Å². The van der Waals surface area contributed by atoms with Crippen LogP contribution < -0.4 is 5.32 Å². The number of esters is 1. The van der Waals surface area contributed by atoms with Crippen LogP contribution in [0.3, 0.4) is 0 Å². The monoisotopic (exact) mass is 199 g/mol. The van der Waals surface area contributed by atoms with Crippen molar-refractivity contribution in [3.05, 3.63) is 0 Å². The largest absolute Gasteiger partial charge is 0.468 e. The lowest BCUT2D eigenvalue weighted by Crippen LogP contribution is -2.54. The molecule has 0 aliphatic heterocycles. The summed E-state index contributed by atoms with van der Waals surface area (Å²) in [5, 5.41) is 3.37. The Hall–Kier alpha value is -0.570. The molecule has 0 radical (unpaired) electrons. The lowest BCUT2D eigenvalue weighted by molar-refractivity contribution is -0.150. The van der Waals surface area contributed by atoms with E-state index >= 15 is 0 Å². The molecule has 1 saturated carbocycles. The highest BCUT2D eigenvalue weighted by Crippen LogP contribution is 2.42. The summed E-state index contributed by atoms with van der Waals surface area (Å²) in [6.45, 7) is 5.05. The van der Waals surface area contributed by atoms with Crippen molar-refractivity contribution in [1.82, 2.24) is 5.32 Å². The first kappa shape index (κ1) is 11.5. The SMILES string of the molecule is CCCNC(CC)(C(=O)OC)C1CC1. The van der Waals surface area contributed by atoms with Gasteiger partial charge in [0.05, 0.1) is 7.11 Å². The molecule has 14 heavy (non-hydrogen) atoms. The highest BCUT2D eigenvalue weighted by molar-refractivity contribution is 5.81. The maximum absolute atomic E-state index is 11.8. The van der Waals surface area contributed by atoms with Crippen LogP contribution >= 0.6 is 0 Å². The van der Waals surface area contributed by atoms with Gasteiger partial charge in [0.1, 0.15) is 5.54 Å². The molecule has 1 atom stereocenters. The van der Waals surface area contributed by atoms with Gasteiger partial charge in [-0.25, -0.2) is 0 Å². The Bertz CT molecular complexity index is 201. The van der Waals surface area contributed by atoms with Gasteiger partial charge in [0.25, 0.3) is 0 Å². The Kier molecular flexibility index (Phi) is 3.93. The fraction of sp³-hybridized carbons (Fsp3) is 0.909. The van der Waals surface area contributed by atoms with Crippen molar-refractivity contribution < 1.29 is 9.53 Å². The highest BCUT2D eigenvalue weighted by Gasteiger charge is 2.49. The van der Waals surface area contributed by atoms with Gasteiger partial charge in [0.2, 0.25) is 0 Å². The van der Waals surface area contributed by atoms with Gasteiger partial charge in [-0.3, -0.25) is 4.79 Å². The number of methoxy groups -OCH3 is 1. The first-order valence-electron chi connectivity index (χ1n) is 5.54. The number of carbonyl (C=O) groups is 1. The molecule has 1 fully saturated rings. The van der Waals surface area contributed by atoms with E-state index in [0.29, 0.717) is 5.92 Å². The van der Waals surface area contributed by atoms with Crippen LogP contribution in [0.4, 0.5) is 0 Å². The first-order chi connectivity index (χ1) is 6.71. The second-order valence-corrected chi connectivity index (χ2v) is 4.02. The topological polar surface area (TPSA) is 38.3 Å². The molecule has 3 heteroatoms. The zero-order valence-electron chi connectivity index (χ0n) is 9.43. The van der Waals surface area contributed by atoms with Crippen molar-refractivity contribution in [3.8, 4) is 0 Å². The van der Waals surface area contributed by atoms with E-state index in [9.17, 15) is 4.79 Å². The third-order valence-electron chi connectivity index (χ3n) is 3.07. The number of ether oxygens (including phenoxy) is 1. The quantitative estimate of drug-likeness (QED) is 0.662. The smallest absolute Gasteiger partial charge is 0.326 e. The van der Waals surface area contributed by atoms with Crippen molar-refractivity contribution in [2.75, 3.05) is 13.7 Å². The van der Waals surface area contributed by atoms with Crippen LogP contribution in [0, 0.1) is 5.92 Å². The molecule has 0 aromatic carbocycles. The molecule has 1 aliphatic rings. The Labute approximate surface area is 86.2 Å². The van der Waals surface area contributed by atoms with Crippen molar-refractivity contribution in [1.29, 1.82) is 0 Å². The number of nitrogens with one attached hydrogen (secondary N) is 1. The lowest BCUT2D eigenvalue weighted by Gasteiger charge is -2.31. The highest BCUT2D eigenvalue weighted by atomic mass is 16.5. The van der Waals surface area contributed by atoms with Crippen molar-refractivity contribution in [3.63, 3.8) is 0 Å². The van der Waals surface area contributed by atoms with Gasteiger partial charge in [-0.05, 0) is 38.1 Å². The Balaban J connectivity index is 2.69. The molecule has 3 nitrogen and oxygen atoms in total. The van der Waals surface area contributed by atoms with Crippen LogP contribution in [0.25, 0.3) is 0 Å². The summed E-state index contributed by atoms with van der Waals surface area (Å²) in [4.78, 5) is 11.8. The molecule has 1 unspecified atom stereocenters. The number of hydrogen-bond acceptors (Lipinski definition) is 3. The van der Waals surface area contributed by atoms with E-state index in [4.69, 9.17) is 4.74 Å². The molecule has 0 aromatic heterocycles. The third kappa shape index (κ3) is 2.08. The molecule has 0 heterocycles. The molecule has 82 valence electrons. The lowest BCUT2D eigenvalue weighted by atomic mass is 9.90. The first-order valence-corrected chi connectivity index (χ1v) is 5.54. The summed E-state index contributed by atoms with van der Waals surface area (Å²) in [5.74, 6) is 0.405. The van der Waals surface area contributed by atoms with Crippen molar-refractivity contribution >= 4 is 5.97 Å². The van der Waals surface area contributed by atoms with Gasteiger partial charge in [-0.1, -0.05) is 13.8 Å². The standard InChI is InChI=1S/C11H21NO2/c1-4-8-12-11(5-2,9-6-7-9)10(13)14-3/h9,12H,4-8H2,1-3H3. The van der Waals surface area contributed by atoms with E-state index in [2.05, 4.69) is 19.2 Å². The molecule has 1 N–H and O–H groups in total. The normalized spacial score (nSPS) is 20.2. The maximum atomic E-state index is 11.8. The minimum absolute atomic E-state index is 0.0871. The summed E-state index contributed by atoms with van der Waals surface area (Å²) in [6, 6.07) is 0. The zero-order chi connectivity index (χ0) is 10.6. The Morgan fingerprint density at radius 1 is 1.50 bits per heavy atom. The summed E-state index contributed by atoms with van der Waals surface area (Å²) >= 11 is 0. The molecule has 1 rings (SSSR count). The van der Waals surface area contributed by atoms with Gasteiger partial charge in [0.15, 0.2) is 0 Å². The van der Waals surface area contributed by atoms with E-state index in [0.717, 1.165) is 32.2 Å². The van der Waals surface area contributed by atoms with Crippen LogP contribution in [-0.4, -0.2) is 25.2 Å². The van der Waals surface area contributed by atoms with E-state index < -0.39 is 5.54 Å². The average molecular weight is 199 g/mol. The van der Waals surface area contributed by atoms with Crippen LogP contribution in [0.5, 0.6) is 0 Å². The summed E-state index contributed by atoms with van der Waals surface area (Å²) < 4.78 is 4.90. The molecule has 1 aliphatic carbocycles. The maximum Gasteiger partial charge on any atom is 0.326 e. The second kappa shape index (κ2) is 4.78. The van der Waals surface area contributed by atoms with Gasteiger partial charge >= 0.3 is 5.97 Å². The number of rotatable bonds is 6. The van der Waals surface area contributed by atoms with E-state index in [1.54, 1.807) is 0 Å². The fourth-order valence-corrected chi connectivity index (χ4v) is 2.05. The van der Waals surface area contributed by atoms with Gasteiger partial charge in [-0.2, -0.15) is 0 Å². The zero-order valence-corrected chi connectivity index (χ0v) is 9.43. The Morgan fingerprint density at radius 2 is 2.14 bits per heavy atom. The van der Waals surface area contributed by atoms with Gasteiger partial charge in [-0.15, -0.1) is 0 Å². The predicted octanol–water partition coefficient (Wildman–Crippen LogP) is 1.72. The summed E-state index contributed by atoms with van der Waals surface area (Å²) in [7, 11) is 1.47. The molecular formula is C11H21NO2. The average Bonchev–Trinajstić information content (AvgIpc) is 3.03. The minimum atomic E-state index is -0.398. The third-order valence-corrected chi connectivity index (χ3v) is 3.07. The van der Waals surface area contributed by atoms with Crippen LogP contribution in [0.15, 0.2) is 0 Å². The van der Waals surface area contributed by atoms with Crippen LogP contribution in [0.1, 0.15) is 39.5 Å². The molecule has 0 spiro atoms. The summed E-state index contributed by atoms with van der Waals surface area (Å²) in [6.07, 6.45) is 4.18. The minimum Gasteiger partial charge on any atom is -0.468 e. The van der Waals surface area contributed by atoms with Crippen LogP contribution in [-0.2, 0) is 9.53 Å². The van der Waals surface area contributed by atoms with Crippen LogP contribution in [0.2, 0.25) is 0 Å². The molecule has 0 amide bonds. The van der Waals surface area contributed by atoms with E-state index in [1.807, 2.05) is 0 Å². The van der Waals surface area contributed by atoms with Gasteiger partial charge in [0, 0.05) is 0 Å². The molecule has 0 saturated heterocycles.